The molecular formula is C17H20N2O3S. The zero-order chi connectivity index (χ0) is 16.2. The SMILES string of the molecule is Cc1csc(=O)n1CCC(=O)N1CCOC(c2ccccc2)C1. The highest BCUT2D eigenvalue weighted by atomic mass is 32.1. The van der Waals surface area contributed by atoms with Crippen LogP contribution in [-0.4, -0.2) is 35.1 Å². The maximum Gasteiger partial charge on any atom is 0.307 e. The Labute approximate surface area is 139 Å². The standard InChI is InChI=1S/C17H20N2O3S/c1-13-12-23-17(21)19(13)8-7-16(20)18-9-10-22-15(11-18)14-5-3-2-4-6-14/h2-6,12,15H,7-11H2,1H3. The molecule has 2 heterocycles. The predicted octanol–water partition coefficient (Wildman–Crippen LogP) is 2.21. The molecule has 0 saturated carbocycles. The third-order valence-electron chi connectivity index (χ3n) is 4.12. The normalized spacial score (nSPS) is 18.1. The van der Waals surface area contributed by atoms with E-state index in [1.807, 2.05) is 47.5 Å². The van der Waals surface area contributed by atoms with E-state index in [1.54, 1.807) is 4.57 Å². The smallest absolute Gasteiger partial charge is 0.307 e. The second kappa shape index (κ2) is 7.10. The average molecular weight is 332 g/mol. The first kappa shape index (κ1) is 16.0. The number of amides is 1. The van der Waals surface area contributed by atoms with Gasteiger partial charge in [0.1, 0.15) is 6.10 Å². The van der Waals surface area contributed by atoms with Gasteiger partial charge in [-0.1, -0.05) is 41.7 Å². The van der Waals surface area contributed by atoms with Crippen molar-refractivity contribution in [3.05, 3.63) is 56.6 Å². The number of ether oxygens (including phenoxy) is 1. The van der Waals surface area contributed by atoms with Crippen LogP contribution in [0.1, 0.15) is 23.8 Å². The third-order valence-corrected chi connectivity index (χ3v) is 5.00. The minimum absolute atomic E-state index is 0.000519. The van der Waals surface area contributed by atoms with Crippen molar-refractivity contribution in [3.8, 4) is 0 Å². The van der Waals surface area contributed by atoms with Crippen LogP contribution in [0.3, 0.4) is 0 Å². The number of rotatable bonds is 4. The van der Waals surface area contributed by atoms with Crippen molar-refractivity contribution in [2.24, 2.45) is 0 Å². The van der Waals surface area contributed by atoms with Crippen molar-refractivity contribution >= 4 is 17.2 Å². The molecule has 1 atom stereocenters. The topological polar surface area (TPSA) is 51.5 Å². The molecule has 23 heavy (non-hydrogen) atoms. The van der Waals surface area contributed by atoms with Gasteiger partial charge >= 0.3 is 4.87 Å². The third kappa shape index (κ3) is 3.71. The number of hydrogen-bond acceptors (Lipinski definition) is 4. The molecule has 122 valence electrons. The van der Waals surface area contributed by atoms with Crippen LogP contribution in [0.2, 0.25) is 0 Å². The van der Waals surface area contributed by atoms with Crippen LogP contribution in [0.5, 0.6) is 0 Å². The summed E-state index contributed by atoms with van der Waals surface area (Å²) in [4.78, 5) is 26.0. The summed E-state index contributed by atoms with van der Waals surface area (Å²) in [6, 6.07) is 9.96. The molecular weight excluding hydrogens is 312 g/mol. The van der Waals surface area contributed by atoms with Crippen LogP contribution in [0.25, 0.3) is 0 Å². The van der Waals surface area contributed by atoms with Crippen molar-refractivity contribution in [2.45, 2.75) is 26.0 Å². The van der Waals surface area contributed by atoms with Gasteiger partial charge in [-0.3, -0.25) is 9.59 Å². The Morgan fingerprint density at radius 3 is 2.83 bits per heavy atom. The van der Waals surface area contributed by atoms with Gasteiger partial charge in [-0.25, -0.2) is 0 Å². The molecule has 0 aliphatic carbocycles. The zero-order valence-corrected chi connectivity index (χ0v) is 13.9. The molecule has 3 rings (SSSR count). The maximum atomic E-state index is 12.5. The molecule has 1 aromatic carbocycles. The second-order valence-corrected chi connectivity index (χ2v) is 6.48. The Bertz CT molecular complexity index is 723. The van der Waals surface area contributed by atoms with Gasteiger partial charge in [0, 0.05) is 30.6 Å². The lowest BCUT2D eigenvalue weighted by molar-refractivity contribution is -0.139. The van der Waals surface area contributed by atoms with E-state index in [4.69, 9.17) is 4.74 Å². The molecule has 0 N–H and O–H groups in total. The molecule has 0 spiro atoms. The van der Waals surface area contributed by atoms with Gasteiger partial charge in [-0.2, -0.15) is 0 Å². The molecule has 0 radical (unpaired) electrons. The van der Waals surface area contributed by atoms with Crippen LogP contribution in [0.4, 0.5) is 0 Å². The second-order valence-electron chi connectivity index (χ2n) is 5.65. The van der Waals surface area contributed by atoms with Gasteiger partial charge in [-0.05, 0) is 12.5 Å². The molecule has 1 unspecified atom stereocenters. The first-order valence-electron chi connectivity index (χ1n) is 7.74. The van der Waals surface area contributed by atoms with Crippen LogP contribution >= 0.6 is 11.3 Å². The van der Waals surface area contributed by atoms with Gasteiger partial charge in [0.05, 0.1) is 13.2 Å². The summed E-state index contributed by atoms with van der Waals surface area (Å²) in [6.07, 6.45) is 0.276. The van der Waals surface area contributed by atoms with E-state index >= 15 is 0 Å². The monoisotopic (exact) mass is 332 g/mol. The first-order chi connectivity index (χ1) is 11.1. The fourth-order valence-electron chi connectivity index (χ4n) is 2.79. The summed E-state index contributed by atoms with van der Waals surface area (Å²) in [5.41, 5.74) is 2.01. The summed E-state index contributed by atoms with van der Waals surface area (Å²) in [5.74, 6) is 0.0757. The number of aromatic nitrogens is 1. The lowest BCUT2D eigenvalue weighted by atomic mass is 10.1. The highest BCUT2D eigenvalue weighted by Crippen LogP contribution is 2.22. The fourth-order valence-corrected chi connectivity index (χ4v) is 3.55. The van der Waals surface area contributed by atoms with E-state index in [9.17, 15) is 9.59 Å². The van der Waals surface area contributed by atoms with Crippen molar-refractivity contribution in [2.75, 3.05) is 19.7 Å². The van der Waals surface area contributed by atoms with Crippen LogP contribution < -0.4 is 4.87 Å². The summed E-state index contributed by atoms with van der Waals surface area (Å²) in [7, 11) is 0. The predicted molar refractivity (Wildman–Crippen MR) is 89.6 cm³/mol. The molecule has 1 fully saturated rings. The number of benzene rings is 1. The van der Waals surface area contributed by atoms with Gasteiger partial charge < -0.3 is 14.2 Å². The van der Waals surface area contributed by atoms with E-state index in [2.05, 4.69) is 0 Å². The number of nitrogens with zero attached hydrogens (tertiary/aromatic N) is 2. The lowest BCUT2D eigenvalue weighted by Gasteiger charge is -2.33. The van der Waals surface area contributed by atoms with Crippen LogP contribution in [0.15, 0.2) is 40.5 Å². The van der Waals surface area contributed by atoms with Gasteiger partial charge in [0.2, 0.25) is 5.91 Å². The summed E-state index contributed by atoms with van der Waals surface area (Å²) in [6.45, 7) is 4.06. The minimum Gasteiger partial charge on any atom is -0.370 e. The molecule has 1 aliphatic heterocycles. The number of aryl methyl sites for hydroxylation is 1. The van der Waals surface area contributed by atoms with E-state index < -0.39 is 0 Å². The largest absolute Gasteiger partial charge is 0.370 e. The van der Waals surface area contributed by atoms with Crippen molar-refractivity contribution < 1.29 is 9.53 Å². The number of morpholine rings is 1. The van der Waals surface area contributed by atoms with E-state index in [0.29, 0.717) is 32.7 Å². The average Bonchev–Trinajstić information content (AvgIpc) is 2.92. The van der Waals surface area contributed by atoms with Crippen molar-refractivity contribution in [1.29, 1.82) is 0 Å². The van der Waals surface area contributed by atoms with Crippen molar-refractivity contribution in [1.82, 2.24) is 9.47 Å². The highest BCUT2D eigenvalue weighted by molar-refractivity contribution is 7.07. The van der Waals surface area contributed by atoms with Gasteiger partial charge in [0.25, 0.3) is 0 Å². The summed E-state index contributed by atoms with van der Waals surface area (Å²) in [5, 5.41) is 1.83. The van der Waals surface area contributed by atoms with E-state index in [0.717, 1.165) is 11.3 Å². The number of thiazole rings is 1. The number of carbonyl (C=O) groups is 1. The molecule has 5 nitrogen and oxygen atoms in total. The molecule has 1 saturated heterocycles. The zero-order valence-electron chi connectivity index (χ0n) is 13.1. The number of carbonyl (C=O) groups excluding carboxylic acids is 1. The summed E-state index contributed by atoms with van der Waals surface area (Å²) < 4.78 is 7.45. The lowest BCUT2D eigenvalue weighted by Crippen LogP contribution is -2.42. The molecule has 1 aliphatic rings. The first-order valence-corrected chi connectivity index (χ1v) is 8.62. The maximum absolute atomic E-state index is 12.5. The Morgan fingerprint density at radius 2 is 2.13 bits per heavy atom. The Morgan fingerprint density at radius 1 is 1.35 bits per heavy atom. The Kier molecular flexibility index (Phi) is 4.93. The van der Waals surface area contributed by atoms with Crippen LogP contribution in [-0.2, 0) is 16.1 Å². The quantitative estimate of drug-likeness (QED) is 0.862. The summed E-state index contributed by atoms with van der Waals surface area (Å²) >= 11 is 1.18. The Balaban J connectivity index is 1.60. The molecule has 2 aromatic rings. The molecule has 0 bridgehead atoms. The van der Waals surface area contributed by atoms with Gasteiger partial charge in [0.15, 0.2) is 0 Å². The molecule has 1 aromatic heterocycles. The Hall–Kier alpha value is -1.92. The number of hydrogen-bond donors (Lipinski definition) is 0. The van der Waals surface area contributed by atoms with Crippen molar-refractivity contribution in [3.63, 3.8) is 0 Å². The highest BCUT2D eigenvalue weighted by Gasteiger charge is 2.25. The fraction of sp³-hybridized carbons (Fsp3) is 0.412. The van der Waals surface area contributed by atoms with Crippen LogP contribution in [0, 0.1) is 6.92 Å². The molecule has 1 amide bonds. The molecule has 6 heteroatoms. The minimum atomic E-state index is -0.0699. The van der Waals surface area contributed by atoms with Gasteiger partial charge in [-0.15, -0.1) is 0 Å². The van der Waals surface area contributed by atoms with E-state index in [-0.39, 0.29) is 16.9 Å². The van der Waals surface area contributed by atoms with E-state index in [1.165, 1.54) is 11.3 Å².